The summed E-state index contributed by atoms with van der Waals surface area (Å²) in [5, 5.41) is 17.7. The van der Waals surface area contributed by atoms with Crippen LogP contribution in [0.2, 0.25) is 0 Å². The van der Waals surface area contributed by atoms with Gasteiger partial charge in [0.15, 0.2) is 0 Å². The number of rotatable bonds is 2. The maximum absolute atomic E-state index is 11.7. The van der Waals surface area contributed by atoms with Crippen molar-refractivity contribution in [3.8, 4) is 6.07 Å². The summed E-state index contributed by atoms with van der Waals surface area (Å²) < 4.78 is 0. The van der Waals surface area contributed by atoms with Gasteiger partial charge >= 0.3 is 0 Å². The Bertz CT molecular complexity index is 247. The lowest BCUT2D eigenvalue weighted by Crippen LogP contribution is -2.47. The van der Waals surface area contributed by atoms with Crippen LogP contribution in [0.15, 0.2) is 0 Å². The predicted molar refractivity (Wildman–Crippen MR) is 51.2 cm³/mol. The van der Waals surface area contributed by atoms with Gasteiger partial charge in [-0.2, -0.15) is 5.26 Å². The Morgan fingerprint density at radius 2 is 2.43 bits per heavy atom. The molecule has 2 atom stereocenters. The van der Waals surface area contributed by atoms with E-state index in [1.807, 2.05) is 6.07 Å². The second-order valence-electron chi connectivity index (χ2n) is 3.71. The maximum atomic E-state index is 11.7. The van der Waals surface area contributed by atoms with E-state index in [1.165, 1.54) is 0 Å². The van der Waals surface area contributed by atoms with Crippen LogP contribution in [-0.4, -0.2) is 35.1 Å². The number of aliphatic hydroxyl groups excluding tert-OH is 1. The Labute approximate surface area is 84.1 Å². The van der Waals surface area contributed by atoms with E-state index in [4.69, 9.17) is 10.4 Å². The molecule has 1 rings (SSSR count). The highest BCUT2D eigenvalue weighted by Gasteiger charge is 2.28. The fourth-order valence-corrected chi connectivity index (χ4v) is 1.78. The van der Waals surface area contributed by atoms with Gasteiger partial charge in [-0.25, -0.2) is 0 Å². The van der Waals surface area contributed by atoms with Gasteiger partial charge in [-0.1, -0.05) is 0 Å². The first-order valence-electron chi connectivity index (χ1n) is 5.01. The molecule has 1 amide bonds. The van der Waals surface area contributed by atoms with Crippen LogP contribution < -0.4 is 0 Å². The third-order valence-corrected chi connectivity index (χ3v) is 2.69. The molecule has 0 bridgehead atoms. The first-order chi connectivity index (χ1) is 6.70. The number of aliphatic hydroxyl groups is 1. The predicted octanol–water partition coefficient (Wildman–Crippen LogP) is 0.519. The van der Waals surface area contributed by atoms with Gasteiger partial charge in [-0.05, 0) is 26.2 Å². The summed E-state index contributed by atoms with van der Waals surface area (Å²) in [6, 6.07) is 1.86. The fourth-order valence-electron chi connectivity index (χ4n) is 1.78. The number of hydrogen-bond donors (Lipinski definition) is 1. The van der Waals surface area contributed by atoms with Gasteiger partial charge in [-0.15, -0.1) is 0 Å². The van der Waals surface area contributed by atoms with Gasteiger partial charge in [0.1, 0.15) is 5.92 Å². The summed E-state index contributed by atoms with van der Waals surface area (Å²) in [5.41, 5.74) is 0. The van der Waals surface area contributed by atoms with Crippen molar-refractivity contribution in [2.75, 3.05) is 13.2 Å². The van der Waals surface area contributed by atoms with Crippen molar-refractivity contribution in [2.45, 2.75) is 32.2 Å². The van der Waals surface area contributed by atoms with Crippen molar-refractivity contribution in [2.24, 2.45) is 5.92 Å². The molecule has 1 saturated heterocycles. The Balaban J connectivity index is 2.64. The third-order valence-electron chi connectivity index (χ3n) is 2.69. The second-order valence-corrected chi connectivity index (χ2v) is 3.71. The molecule has 1 fully saturated rings. The van der Waals surface area contributed by atoms with Gasteiger partial charge in [-0.3, -0.25) is 4.79 Å². The Morgan fingerprint density at radius 3 is 3.00 bits per heavy atom. The SMILES string of the molecule is CC(C#N)C(=O)N1CCCCC1CO. The van der Waals surface area contributed by atoms with Gasteiger partial charge in [0.25, 0.3) is 0 Å². The Kier molecular flexibility index (Phi) is 3.90. The van der Waals surface area contributed by atoms with Crippen molar-refractivity contribution in [1.29, 1.82) is 5.26 Å². The third kappa shape index (κ3) is 2.24. The molecule has 0 aliphatic carbocycles. The normalized spacial score (nSPS) is 24.1. The number of hydrogen-bond acceptors (Lipinski definition) is 3. The zero-order valence-electron chi connectivity index (χ0n) is 8.44. The van der Waals surface area contributed by atoms with E-state index >= 15 is 0 Å². The lowest BCUT2D eigenvalue weighted by molar-refractivity contribution is -0.138. The Hall–Kier alpha value is -1.08. The molecular formula is C10H16N2O2. The molecule has 2 unspecified atom stereocenters. The Morgan fingerprint density at radius 1 is 1.71 bits per heavy atom. The molecule has 1 aliphatic heterocycles. The summed E-state index contributed by atoms with van der Waals surface area (Å²) in [6.07, 6.45) is 2.87. The molecule has 0 aromatic carbocycles. The van der Waals surface area contributed by atoms with Crippen LogP contribution in [0.3, 0.4) is 0 Å². The van der Waals surface area contributed by atoms with Crippen LogP contribution >= 0.6 is 0 Å². The standard InChI is InChI=1S/C10H16N2O2/c1-8(6-11)10(14)12-5-3-2-4-9(12)7-13/h8-9,13H,2-5,7H2,1H3. The van der Waals surface area contributed by atoms with Crippen LogP contribution in [0.4, 0.5) is 0 Å². The number of amides is 1. The van der Waals surface area contributed by atoms with Gasteiger partial charge in [0, 0.05) is 6.54 Å². The largest absolute Gasteiger partial charge is 0.394 e. The van der Waals surface area contributed by atoms with E-state index in [-0.39, 0.29) is 18.6 Å². The molecule has 14 heavy (non-hydrogen) atoms. The van der Waals surface area contributed by atoms with E-state index in [0.29, 0.717) is 6.54 Å². The van der Waals surface area contributed by atoms with E-state index in [1.54, 1.807) is 11.8 Å². The molecule has 1 heterocycles. The zero-order valence-corrected chi connectivity index (χ0v) is 8.44. The van der Waals surface area contributed by atoms with Gasteiger partial charge in [0.2, 0.25) is 5.91 Å². The van der Waals surface area contributed by atoms with Crippen LogP contribution in [0.25, 0.3) is 0 Å². The van der Waals surface area contributed by atoms with Crippen molar-refractivity contribution in [1.82, 2.24) is 4.90 Å². The lowest BCUT2D eigenvalue weighted by atomic mass is 10.0. The summed E-state index contributed by atoms with van der Waals surface area (Å²) >= 11 is 0. The molecule has 0 radical (unpaired) electrons. The number of piperidine rings is 1. The van der Waals surface area contributed by atoms with Crippen molar-refractivity contribution in [3.05, 3.63) is 0 Å². The molecule has 4 nitrogen and oxygen atoms in total. The van der Waals surface area contributed by atoms with E-state index in [9.17, 15) is 4.79 Å². The molecule has 1 N–H and O–H groups in total. The highest BCUT2D eigenvalue weighted by molar-refractivity contribution is 5.81. The first-order valence-corrected chi connectivity index (χ1v) is 5.01. The van der Waals surface area contributed by atoms with E-state index < -0.39 is 5.92 Å². The molecule has 4 heteroatoms. The van der Waals surface area contributed by atoms with Crippen LogP contribution in [0, 0.1) is 17.2 Å². The second kappa shape index (κ2) is 4.97. The topological polar surface area (TPSA) is 64.3 Å². The molecular weight excluding hydrogens is 180 g/mol. The minimum atomic E-state index is -0.595. The molecule has 78 valence electrons. The summed E-state index contributed by atoms with van der Waals surface area (Å²) in [4.78, 5) is 13.3. The average molecular weight is 196 g/mol. The summed E-state index contributed by atoms with van der Waals surface area (Å²) in [6.45, 7) is 2.28. The van der Waals surface area contributed by atoms with Crippen molar-refractivity contribution in [3.63, 3.8) is 0 Å². The molecule has 0 aromatic rings. The fraction of sp³-hybridized carbons (Fsp3) is 0.800. The molecule has 1 aliphatic rings. The van der Waals surface area contributed by atoms with Gasteiger partial charge in [0.05, 0.1) is 18.7 Å². The number of carbonyl (C=O) groups excluding carboxylic acids is 1. The molecule has 0 spiro atoms. The van der Waals surface area contributed by atoms with Gasteiger partial charge < -0.3 is 10.0 Å². The first kappa shape index (κ1) is 11.0. The minimum Gasteiger partial charge on any atom is -0.394 e. The quantitative estimate of drug-likeness (QED) is 0.700. The monoisotopic (exact) mass is 196 g/mol. The van der Waals surface area contributed by atoms with Crippen molar-refractivity contribution < 1.29 is 9.90 Å². The van der Waals surface area contributed by atoms with Crippen LogP contribution in [0.5, 0.6) is 0 Å². The highest BCUT2D eigenvalue weighted by atomic mass is 16.3. The molecule has 0 aromatic heterocycles. The van der Waals surface area contributed by atoms with Crippen molar-refractivity contribution >= 4 is 5.91 Å². The summed E-state index contributed by atoms with van der Waals surface area (Å²) in [5.74, 6) is -0.742. The van der Waals surface area contributed by atoms with Crippen LogP contribution in [-0.2, 0) is 4.79 Å². The zero-order chi connectivity index (χ0) is 10.6. The van der Waals surface area contributed by atoms with Crippen LogP contribution in [0.1, 0.15) is 26.2 Å². The molecule has 0 saturated carbocycles. The van der Waals surface area contributed by atoms with E-state index in [2.05, 4.69) is 0 Å². The highest BCUT2D eigenvalue weighted by Crippen LogP contribution is 2.18. The number of likely N-dealkylation sites (tertiary alicyclic amines) is 1. The minimum absolute atomic E-state index is 0.00386. The number of carbonyl (C=O) groups is 1. The number of nitrogens with zero attached hydrogens (tertiary/aromatic N) is 2. The smallest absolute Gasteiger partial charge is 0.239 e. The summed E-state index contributed by atoms with van der Waals surface area (Å²) in [7, 11) is 0. The lowest BCUT2D eigenvalue weighted by Gasteiger charge is -2.35. The average Bonchev–Trinajstić information content (AvgIpc) is 2.26. The number of nitriles is 1. The maximum Gasteiger partial charge on any atom is 0.239 e. The van der Waals surface area contributed by atoms with E-state index in [0.717, 1.165) is 19.3 Å².